The molecule has 1 aliphatic heterocycles. The van der Waals surface area contributed by atoms with Gasteiger partial charge < -0.3 is 9.84 Å². The molecular formula is C22H23N3O4. The molecule has 7 heteroatoms. The maximum absolute atomic E-state index is 13.4. The Balaban J connectivity index is 1.89. The Bertz CT molecular complexity index is 1120. The van der Waals surface area contributed by atoms with Crippen molar-refractivity contribution in [3.05, 3.63) is 70.3 Å². The molecule has 150 valence electrons. The van der Waals surface area contributed by atoms with Crippen LogP contribution in [-0.4, -0.2) is 33.9 Å². The van der Waals surface area contributed by atoms with Crippen LogP contribution in [0.4, 0.5) is 0 Å². The number of nitrogens with zero attached hydrogens (tertiary/aromatic N) is 3. The Kier molecular flexibility index (Phi) is 4.74. The van der Waals surface area contributed by atoms with Gasteiger partial charge >= 0.3 is 5.97 Å². The van der Waals surface area contributed by atoms with E-state index in [0.717, 1.165) is 5.56 Å². The summed E-state index contributed by atoms with van der Waals surface area (Å²) in [5.74, 6) is 0.607. The number of hydrogen-bond donors (Lipinski definition) is 1. The zero-order valence-corrected chi connectivity index (χ0v) is 16.6. The van der Waals surface area contributed by atoms with Crippen molar-refractivity contribution in [2.24, 2.45) is 5.92 Å². The molecule has 3 aromatic rings. The van der Waals surface area contributed by atoms with Gasteiger partial charge in [0.15, 0.2) is 6.04 Å². The van der Waals surface area contributed by atoms with E-state index in [1.165, 1.54) is 11.8 Å². The summed E-state index contributed by atoms with van der Waals surface area (Å²) in [6, 6.07) is 12.9. The summed E-state index contributed by atoms with van der Waals surface area (Å²) in [6.45, 7) is 4.12. The monoisotopic (exact) mass is 393 g/mol. The van der Waals surface area contributed by atoms with Gasteiger partial charge in [0, 0.05) is 6.42 Å². The summed E-state index contributed by atoms with van der Waals surface area (Å²) in [5, 5.41) is 11.8. The minimum absolute atomic E-state index is 0.139. The molecule has 0 radical (unpaired) electrons. The molecule has 1 aliphatic rings. The third-order valence-corrected chi connectivity index (χ3v) is 5.10. The Hall–Kier alpha value is -3.35. The SMILES string of the molecule is COC(=O)[C@H]1[C@H](c2ccc(O)cc2)N1n1c(CC(C)C)nc2ccccc2c1=O. The molecule has 0 bridgehead atoms. The highest BCUT2D eigenvalue weighted by Gasteiger charge is 2.56. The minimum atomic E-state index is -0.629. The number of aromatic hydroxyl groups is 1. The fourth-order valence-electron chi connectivity index (χ4n) is 3.74. The van der Waals surface area contributed by atoms with Crippen LogP contribution in [0.15, 0.2) is 53.3 Å². The van der Waals surface area contributed by atoms with Crippen LogP contribution in [0.3, 0.4) is 0 Å². The van der Waals surface area contributed by atoms with E-state index in [1.54, 1.807) is 41.4 Å². The molecule has 2 aromatic carbocycles. The van der Waals surface area contributed by atoms with Crippen LogP contribution in [0.5, 0.6) is 5.75 Å². The number of esters is 1. The van der Waals surface area contributed by atoms with Gasteiger partial charge in [-0.3, -0.25) is 9.80 Å². The van der Waals surface area contributed by atoms with Crippen molar-refractivity contribution in [2.45, 2.75) is 32.4 Å². The van der Waals surface area contributed by atoms with Crippen molar-refractivity contribution in [2.75, 3.05) is 12.1 Å². The first kappa shape index (κ1) is 19.0. The number of phenolic OH excluding ortho intramolecular Hbond substituents is 1. The van der Waals surface area contributed by atoms with Crippen LogP contribution < -0.4 is 10.6 Å². The van der Waals surface area contributed by atoms with Gasteiger partial charge in [-0.25, -0.2) is 14.5 Å². The van der Waals surface area contributed by atoms with Crippen LogP contribution in [-0.2, 0) is 16.0 Å². The van der Waals surface area contributed by atoms with Crippen molar-refractivity contribution in [3.8, 4) is 5.75 Å². The van der Waals surface area contributed by atoms with E-state index in [-0.39, 0.29) is 23.3 Å². The molecule has 4 rings (SSSR count). The summed E-state index contributed by atoms with van der Waals surface area (Å²) < 4.78 is 6.51. The number of ether oxygens (including phenoxy) is 1. The average Bonchev–Trinajstić information content (AvgIpc) is 3.42. The van der Waals surface area contributed by atoms with Gasteiger partial charge in [0.25, 0.3) is 5.56 Å². The van der Waals surface area contributed by atoms with Gasteiger partial charge in [0.1, 0.15) is 17.6 Å². The first-order valence-electron chi connectivity index (χ1n) is 9.58. The highest BCUT2D eigenvalue weighted by molar-refractivity contribution is 5.85. The minimum Gasteiger partial charge on any atom is -0.508 e. The summed E-state index contributed by atoms with van der Waals surface area (Å²) in [5.41, 5.74) is 1.25. The Morgan fingerprint density at radius 1 is 1.17 bits per heavy atom. The van der Waals surface area contributed by atoms with Crippen molar-refractivity contribution >= 4 is 16.9 Å². The highest BCUT2D eigenvalue weighted by atomic mass is 16.5. The molecule has 0 saturated carbocycles. The normalized spacial score (nSPS) is 18.3. The fraction of sp³-hybridized carbons (Fsp3) is 0.318. The topological polar surface area (TPSA) is 84.4 Å². The molecule has 7 nitrogen and oxygen atoms in total. The smallest absolute Gasteiger partial charge is 0.332 e. The highest BCUT2D eigenvalue weighted by Crippen LogP contribution is 2.42. The van der Waals surface area contributed by atoms with Crippen LogP contribution in [0.1, 0.15) is 31.3 Å². The van der Waals surface area contributed by atoms with Gasteiger partial charge in [-0.05, 0) is 35.7 Å². The van der Waals surface area contributed by atoms with E-state index in [4.69, 9.17) is 9.72 Å². The van der Waals surface area contributed by atoms with Gasteiger partial charge in [0.2, 0.25) is 0 Å². The number of phenols is 1. The van der Waals surface area contributed by atoms with E-state index >= 15 is 0 Å². The van der Waals surface area contributed by atoms with Crippen LogP contribution in [0.2, 0.25) is 0 Å². The second kappa shape index (κ2) is 7.24. The van der Waals surface area contributed by atoms with E-state index in [1.807, 2.05) is 12.1 Å². The number of benzene rings is 2. The molecule has 1 saturated heterocycles. The maximum Gasteiger partial charge on any atom is 0.332 e. The van der Waals surface area contributed by atoms with Gasteiger partial charge in [0.05, 0.1) is 18.0 Å². The molecule has 2 heterocycles. The summed E-state index contributed by atoms with van der Waals surface area (Å²) in [6.07, 6.45) is 0.590. The van der Waals surface area contributed by atoms with Gasteiger partial charge in [-0.15, -0.1) is 0 Å². The first-order valence-corrected chi connectivity index (χ1v) is 9.58. The number of para-hydroxylation sites is 1. The first-order chi connectivity index (χ1) is 13.9. The molecule has 1 fully saturated rings. The zero-order chi connectivity index (χ0) is 20.7. The van der Waals surface area contributed by atoms with Gasteiger partial charge in [-0.2, -0.15) is 0 Å². The number of methoxy groups -OCH3 is 1. The zero-order valence-electron chi connectivity index (χ0n) is 16.6. The van der Waals surface area contributed by atoms with Crippen molar-refractivity contribution in [3.63, 3.8) is 0 Å². The predicted octanol–water partition coefficient (Wildman–Crippen LogP) is 2.54. The summed E-state index contributed by atoms with van der Waals surface area (Å²) in [4.78, 5) is 30.6. The lowest BCUT2D eigenvalue weighted by Crippen LogP contribution is -2.36. The number of aromatic nitrogens is 2. The third kappa shape index (κ3) is 3.33. The summed E-state index contributed by atoms with van der Waals surface area (Å²) in [7, 11) is 1.34. The average molecular weight is 393 g/mol. The van der Waals surface area contributed by atoms with E-state index < -0.39 is 12.0 Å². The van der Waals surface area contributed by atoms with Gasteiger partial charge in [-0.1, -0.05) is 38.1 Å². The van der Waals surface area contributed by atoms with E-state index in [2.05, 4.69) is 13.8 Å². The predicted molar refractivity (Wildman–Crippen MR) is 109 cm³/mol. The Labute approximate surface area is 168 Å². The van der Waals surface area contributed by atoms with Crippen LogP contribution in [0.25, 0.3) is 10.9 Å². The van der Waals surface area contributed by atoms with E-state index in [9.17, 15) is 14.7 Å². The molecule has 29 heavy (non-hydrogen) atoms. The van der Waals surface area contributed by atoms with Crippen molar-refractivity contribution in [1.82, 2.24) is 9.66 Å². The van der Waals surface area contributed by atoms with Crippen LogP contribution >= 0.6 is 0 Å². The fourth-order valence-corrected chi connectivity index (χ4v) is 3.74. The maximum atomic E-state index is 13.4. The number of hydrogen-bond acceptors (Lipinski definition) is 6. The molecule has 0 amide bonds. The molecule has 0 spiro atoms. The lowest BCUT2D eigenvalue weighted by Gasteiger charge is -2.17. The van der Waals surface area contributed by atoms with Crippen molar-refractivity contribution in [1.29, 1.82) is 0 Å². The van der Waals surface area contributed by atoms with Crippen LogP contribution in [0, 0.1) is 5.92 Å². The lowest BCUT2D eigenvalue weighted by molar-refractivity contribution is -0.140. The lowest BCUT2D eigenvalue weighted by atomic mass is 10.1. The van der Waals surface area contributed by atoms with Crippen molar-refractivity contribution < 1.29 is 14.6 Å². The standard InChI is InChI=1S/C22H23N3O4/c1-13(2)12-18-23-17-7-5-4-6-16(17)21(27)24(18)25-19(20(25)22(28)29-3)14-8-10-15(26)11-9-14/h4-11,13,19-20,26H,12H2,1-3H3/t19-,20+,25?/m0/s1. The molecular weight excluding hydrogens is 370 g/mol. The molecule has 2 atom stereocenters. The largest absolute Gasteiger partial charge is 0.508 e. The molecule has 0 aliphatic carbocycles. The Morgan fingerprint density at radius 3 is 2.52 bits per heavy atom. The number of carbonyl (C=O) groups is 1. The molecule has 0 unspecified atom stereocenters. The third-order valence-electron chi connectivity index (χ3n) is 5.10. The number of fused-ring (bicyclic) bond motifs is 1. The summed E-state index contributed by atoms with van der Waals surface area (Å²) >= 11 is 0. The Morgan fingerprint density at radius 2 is 1.86 bits per heavy atom. The second-order valence-corrected chi connectivity index (χ2v) is 7.64. The van der Waals surface area contributed by atoms with E-state index in [0.29, 0.717) is 23.1 Å². The number of rotatable bonds is 5. The quantitative estimate of drug-likeness (QED) is 0.530. The molecule has 1 N–H and O–H groups in total. The molecule has 1 aromatic heterocycles. The second-order valence-electron chi connectivity index (χ2n) is 7.64. The number of carbonyl (C=O) groups excluding carboxylic acids is 1.